The lowest BCUT2D eigenvalue weighted by atomic mass is 9.99. The number of carbonyl (C=O) groups is 2. The van der Waals surface area contributed by atoms with Crippen LogP contribution in [0.15, 0.2) is 34.9 Å². The van der Waals surface area contributed by atoms with Crippen molar-refractivity contribution >= 4 is 17.5 Å². The fourth-order valence-electron chi connectivity index (χ4n) is 3.29. The van der Waals surface area contributed by atoms with Gasteiger partial charge in [0.15, 0.2) is 0 Å². The van der Waals surface area contributed by atoms with Crippen LogP contribution in [0.2, 0.25) is 0 Å². The van der Waals surface area contributed by atoms with Gasteiger partial charge < -0.3 is 20.4 Å². The number of hydrogen-bond donors (Lipinski definition) is 2. The van der Waals surface area contributed by atoms with E-state index >= 15 is 0 Å². The molecule has 1 aromatic heterocycles. The van der Waals surface area contributed by atoms with Gasteiger partial charge in [-0.1, -0.05) is 6.92 Å². The Kier molecular flexibility index (Phi) is 5.42. The third-order valence-corrected chi connectivity index (χ3v) is 4.78. The molecule has 1 aliphatic heterocycles. The Morgan fingerprint density at radius 3 is 2.77 bits per heavy atom. The highest BCUT2D eigenvalue weighted by Crippen LogP contribution is 2.22. The number of likely N-dealkylation sites (tertiary alicyclic amines) is 1. The van der Waals surface area contributed by atoms with E-state index in [-0.39, 0.29) is 18.4 Å². The van der Waals surface area contributed by atoms with Gasteiger partial charge in [-0.3, -0.25) is 9.59 Å². The Morgan fingerprint density at radius 2 is 2.12 bits per heavy atom. The summed E-state index contributed by atoms with van der Waals surface area (Å²) in [7, 11) is 0. The van der Waals surface area contributed by atoms with E-state index in [2.05, 4.69) is 12.2 Å². The van der Waals surface area contributed by atoms with Crippen LogP contribution in [0.5, 0.6) is 0 Å². The second-order valence-corrected chi connectivity index (χ2v) is 6.99. The second kappa shape index (κ2) is 7.74. The number of nitrogens with one attached hydrogen (secondary N) is 1. The monoisotopic (exact) mass is 355 g/mol. The maximum Gasteiger partial charge on any atom is 0.258 e. The van der Waals surface area contributed by atoms with E-state index in [0.29, 0.717) is 28.5 Å². The molecule has 6 nitrogen and oxygen atoms in total. The van der Waals surface area contributed by atoms with Crippen LogP contribution in [0.4, 0.5) is 5.69 Å². The third kappa shape index (κ3) is 3.96. The van der Waals surface area contributed by atoms with Crippen molar-refractivity contribution < 1.29 is 14.0 Å². The van der Waals surface area contributed by atoms with Crippen molar-refractivity contribution in [3.05, 3.63) is 53.0 Å². The van der Waals surface area contributed by atoms with E-state index in [4.69, 9.17) is 10.2 Å². The number of anilines is 1. The first-order chi connectivity index (χ1) is 12.5. The number of nitrogens with zero attached hydrogens (tertiary/aromatic N) is 1. The molecule has 2 amide bonds. The predicted molar refractivity (Wildman–Crippen MR) is 100 cm³/mol. The SMILES string of the molecule is Cc1cc(C(=O)N2CCCC(C)C2)ccc1NC(=O)c1coc(CN)c1. The maximum atomic E-state index is 12.7. The van der Waals surface area contributed by atoms with Crippen molar-refractivity contribution in [1.29, 1.82) is 0 Å². The zero-order chi connectivity index (χ0) is 18.7. The van der Waals surface area contributed by atoms with Gasteiger partial charge in [0.2, 0.25) is 0 Å². The Balaban J connectivity index is 1.70. The number of rotatable bonds is 4. The standard InChI is InChI=1S/C20H25N3O3/c1-13-4-3-7-23(11-13)20(25)15-5-6-18(14(2)8-15)22-19(24)16-9-17(10-21)26-12-16/h5-6,8-9,12-13H,3-4,7,10-11,21H2,1-2H3,(H,22,24). The average molecular weight is 355 g/mol. The van der Waals surface area contributed by atoms with Gasteiger partial charge in [0, 0.05) is 24.3 Å². The molecule has 0 radical (unpaired) electrons. The molecular formula is C20H25N3O3. The molecule has 26 heavy (non-hydrogen) atoms. The van der Waals surface area contributed by atoms with Crippen molar-refractivity contribution in [3.63, 3.8) is 0 Å². The lowest BCUT2D eigenvalue weighted by molar-refractivity contribution is 0.0683. The molecule has 1 aliphatic rings. The Hall–Kier alpha value is -2.60. The van der Waals surface area contributed by atoms with Gasteiger partial charge in [0.1, 0.15) is 12.0 Å². The fraction of sp³-hybridized carbons (Fsp3) is 0.400. The van der Waals surface area contributed by atoms with Crippen LogP contribution in [0.3, 0.4) is 0 Å². The van der Waals surface area contributed by atoms with Gasteiger partial charge >= 0.3 is 0 Å². The molecule has 6 heteroatoms. The molecule has 0 bridgehead atoms. The fourth-order valence-corrected chi connectivity index (χ4v) is 3.29. The zero-order valence-electron chi connectivity index (χ0n) is 15.2. The van der Waals surface area contributed by atoms with Crippen LogP contribution < -0.4 is 11.1 Å². The van der Waals surface area contributed by atoms with E-state index < -0.39 is 0 Å². The summed E-state index contributed by atoms with van der Waals surface area (Å²) < 4.78 is 5.19. The predicted octanol–water partition coefficient (Wildman–Crippen LogP) is 3.17. The van der Waals surface area contributed by atoms with E-state index in [1.165, 1.54) is 12.7 Å². The normalized spacial score (nSPS) is 17.2. The van der Waals surface area contributed by atoms with E-state index in [1.807, 2.05) is 17.9 Å². The molecule has 1 saturated heterocycles. The Labute approximate surface area is 153 Å². The number of aryl methyl sites for hydroxylation is 1. The molecule has 2 heterocycles. The van der Waals surface area contributed by atoms with Crippen LogP contribution in [-0.4, -0.2) is 29.8 Å². The molecule has 138 valence electrons. The molecule has 1 aromatic carbocycles. The lowest BCUT2D eigenvalue weighted by Gasteiger charge is -2.31. The highest BCUT2D eigenvalue weighted by Gasteiger charge is 2.22. The number of carbonyl (C=O) groups excluding carboxylic acids is 2. The third-order valence-electron chi connectivity index (χ3n) is 4.78. The molecule has 1 unspecified atom stereocenters. The number of hydrogen-bond acceptors (Lipinski definition) is 4. The van der Waals surface area contributed by atoms with Crippen molar-refractivity contribution in [1.82, 2.24) is 4.90 Å². The van der Waals surface area contributed by atoms with E-state index in [0.717, 1.165) is 25.1 Å². The summed E-state index contributed by atoms with van der Waals surface area (Å²) in [6.07, 6.45) is 3.62. The van der Waals surface area contributed by atoms with Gasteiger partial charge in [-0.2, -0.15) is 0 Å². The molecule has 3 N–H and O–H groups in total. The quantitative estimate of drug-likeness (QED) is 0.882. The molecule has 1 atom stereocenters. The van der Waals surface area contributed by atoms with E-state index in [9.17, 15) is 9.59 Å². The Bertz CT molecular complexity index is 812. The largest absolute Gasteiger partial charge is 0.467 e. The zero-order valence-corrected chi connectivity index (χ0v) is 15.2. The highest BCUT2D eigenvalue weighted by atomic mass is 16.3. The molecule has 1 fully saturated rings. The van der Waals surface area contributed by atoms with Gasteiger partial charge in [0.25, 0.3) is 11.8 Å². The highest BCUT2D eigenvalue weighted by molar-refractivity contribution is 6.05. The Morgan fingerprint density at radius 1 is 1.31 bits per heavy atom. The van der Waals surface area contributed by atoms with Crippen LogP contribution in [-0.2, 0) is 6.54 Å². The van der Waals surface area contributed by atoms with E-state index in [1.54, 1.807) is 18.2 Å². The van der Waals surface area contributed by atoms with Gasteiger partial charge in [0.05, 0.1) is 12.1 Å². The van der Waals surface area contributed by atoms with Crippen LogP contribution in [0.25, 0.3) is 0 Å². The summed E-state index contributed by atoms with van der Waals surface area (Å²) >= 11 is 0. The molecular weight excluding hydrogens is 330 g/mol. The lowest BCUT2D eigenvalue weighted by Crippen LogP contribution is -2.39. The molecule has 2 aromatic rings. The summed E-state index contributed by atoms with van der Waals surface area (Å²) in [6.45, 7) is 5.92. The number of piperidine rings is 1. The minimum absolute atomic E-state index is 0.0555. The first-order valence-corrected chi connectivity index (χ1v) is 8.96. The first kappa shape index (κ1) is 18.2. The molecule has 0 saturated carbocycles. The minimum atomic E-state index is -0.263. The number of benzene rings is 1. The number of furan rings is 1. The van der Waals surface area contributed by atoms with Crippen molar-refractivity contribution in [2.24, 2.45) is 11.7 Å². The van der Waals surface area contributed by atoms with Crippen molar-refractivity contribution in [2.45, 2.75) is 33.2 Å². The first-order valence-electron chi connectivity index (χ1n) is 8.96. The molecule has 0 spiro atoms. The molecule has 0 aliphatic carbocycles. The van der Waals surface area contributed by atoms with Crippen molar-refractivity contribution in [3.8, 4) is 0 Å². The number of amides is 2. The van der Waals surface area contributed by atoms with Crippen LogP contribution in [0.1, 0.15) is 51.8 Å². The second-order valence-electron chi connectivity index (χ2n) is 6.99. The number of nitrogens with two attached hydrogens (primary N) is 1. The maximum absolute atomic E-state index is 12.7. The summed E-state index contributed by atoms with van der Waals surface area (Å²) in [4.78, 5) is 26.9. The van der Waals surface area contributed by atoms with Gasteiger partial charge in [-0.05, 0) is 55.5 Å². The van der Waals surface area contributed by atoms with Crippen molar-refractivity contribution in [2.75, 3.05) is 18.4 Å². The topological polar surface area (TPSA) is 88.6 Å². The minimum Gasteiger partial charge on any atom is -0.467 e. The summed E-state index contributed by atoms with van der Waals surface area (Å²) in [5.74, 6) is 0.893. The van der Waals surface area contributed by atoms with Crippen LogP contribution in [0, 0.1) is 12.8 Å². The summed E-state index contributed by atoms with van der Waals surface area (Å²) in [5, 5.41) is 2.85. The smallest absolute Gasteiger partial charge is 0.258 e. The average Bonchev–Trinajstić information content (AvgIpc) is 3.12. The van der Waals surface area contributed by atoms with Gasteiger partial charge in [-0.25, -0.2) is 0 Å². The molecule has 3 rings (SSSR count). The summed E-state index contributed by atoms with van der Waals surface area (Å²) in [5.41, 5.74) is 8.09. The van der Waals surface area contributed by atoms with Gasteiger partial charge in [-0.15, -0.1) is 0 Å². The van der Waals surface area contributed by atoms with Crippen LogP contribution >= 0.6 is 0 Å². The summed E-state index contributed by atoms with van der Waals surface area (Å²) in [6, 6.07) is 7.00.